The number of rotatable bonds is 4. The lowest BCUT2D eigenvalue weighted by atomic mass is 9.77. The number of likely N-dealkylation sites (tertiary alicyclic amines) is 1. The fourth-order valence-electron chi connectivity index (χ4n) is 6.38. The maximum absolute atomic E-state index is 13.2. The summed E-state index contributed by atoms with van der Waals surface area (Å²) in [6.07, 6.45) is 3.63. The predicted octanol–water partition coefficient (Wildman–Crippen LogP) is 1.26. The molecule has 4 aromatic rings. The maximum atomic E-state index is 13.2. The molecule has 40 heavy (non-hydrogen) atoms. The molecular weight excluding hydrogens is 514 g/mol. The number of aromatic nitrogens is 6. The van der Waals surface area contributed by atoms with Gasteiger partial charge in [0.25, 0.3) is 5.56 Å². The van der Waals surface area contributed by atoms with Gasteiger partial charge in [0.1, 0.15) is 11.4 Å². The Hall–Kier alpha value is -3.77. The van der Waals surface area contributed by atoms with Crippen LogP contribution in [0.5, 0.6) is 0 Å². The molecule has 0 bridgehead atoms. The van der Waals surface area contributed by atoms with Crippen LogP contribution in [0.25, 0.3) is 22.2 Å². The Morgan fingerprint density at radius 3 is 2.62 bits per heavy atom. The van der Waals surface area contributed by atoms with Crippen LogP contribution in [-0.2, 0) is 30.2 Å². The van der Waals surface area contributed by atoms with E-state index in [1.54, 1.807) is 18.5 Å². The molecule has 5 heterocycles. The normalized spacial score (nSPS) is 22.9. The van der Waals surface area contributed by atoms with Gasteiger partial charge in [0, 0.05) is 46.6 Å². The highest BCUT2D eigenvalue weighted by atomic mass is 16.5. The zero-order valence-corrected chi connectivity index (χ0v) is 23.3. The lowest BCUT2D eigenvalue weighted by Crippen LogP contribution is -2.57. The topological polar surface area (TPSA) is 129 Å². The smallest absolute Gasteiger partial charge is 0.332 e. The Kier molecular flexibility index (Phi) is 6.22. The largest absolute Gasteiger partial charge is 0.386 e. The summed E-state index contributed by atoms with van der Waals surface area (Å²) < 4.78 is 12.5. The van der Waals surface area contributed by atoms with Crippen molar-refractivity contribution in [2.45, 2.75) is 63.3 Å². The van der Waals surface area contributed by atoms with Crippen LogP contribution in [0.1, 0.15) is 44.5 Å². The third-order valence-electron chi connectivity index (χ3n) is 8.88. The molecular formula is C28H35N7O5. The van der Waals surface area contributed by atoms with Gasteiger partial charge >= 0.3 is 5.69 Å². The van der Waals surface area contributed by atoms with Crippen molar-refractivity contribution in [1.29, 1.82) is 0 Å². The summed E-state index contributed by atoms with van der Waals surface area (Å²) in [4.78, 5) is 49.5. The van der Waals surface area contributed by atoms with Crippen molar-refractivity contribution in [3.63, 3.8) is 0 Å². The van der Waals surface area contributed by atoms with Gasteiger partial charge in [0.05, 0.1) is 35.6 Å². The minimum Gasteiger partial charge on any atom is -0.386 e. The molecule has 1 amide bonds. The van der Waals surface area contributed by atoms with Crippen molar-refractivity contribution in [3.8, 4) is 0 Å². The summed E-state index contributed by atoms with van der Waals surface area (Å²) in [6.45, 7) is 5.42. The second-order valence-corrected chi connectivity index (χ2v) is 11.5. The lowest BCUT2D eigenvalue weighted by molar-refractivity contribution is -0.201. The Labute approximate surface area is 230 Å². The molecule has 2 atom stereocenters. The number of amides is 1. The highest BCUT2D eigenvalue weighted by Crippen LogP contribution is 2.44. The summed E-state index contributed by atoms with van der Waals surface area (Å²) in [5, 5.41) is 11.3. The molecule has 1 N–H and O–H groups in total. The first-order chi connectivity index (χ1) is 19.0. The van der Waals surface area contributed by atoms with Crippen LogP contribution < -0.4 is 11.2 Å². The summed E-state index contributed by atoms with van der Waals surface area (Å²) in [6, 6.07) is 7.45. The summed E-state index contributed by atoms with van der Waals surface area (Å²) in [5.74, 6) is 0.985. The first kappa shape index (κ1) is 26.5. The van der Waals surface area contributed by atoms with E-state index in [2.05, 4.69) is 14.5 Å². The molecule has 1 spiro atoms. The van der Waals surface area contributed by atoms with Crippen molar-refractivity contribution in [2.24, 2.45) is 14.1 Å². The maximum Gasteiger partial charge on any atom is 0.332 e. The van der Waals surface area contributed by atoms with E-state index in [4.69, 9.17) is 4.74 Å². The Bertz CT molecular complexity index is 1740. The molecule has 1 aromatic carbocycles. The van der Waals surface area contributed by atoms with Crippen LogP contribution in [0.15, 0.2) is 40.2 Å². The van der Waals surface area contributed by atoms with Gasteiger partial charge in [-0.1, -0.05) is 12.1 Å². The number of aliphatic hydroxyl groups is 1. The lowest BCUT2D eigenvalue weighted by Gasteiger charge is -2.51. The predicted molar refractivity (Wildman–Crippen MR) is 148 cm³/mol. The Morgan fingerprint density at radius 2 is 1.88 bits per heavy atom. The number of ether oxygens (including phenoxy) is 1. The van der Waals surface area contributed by atoms with Crippen molar-refractivity contribution < 1.29 is 14.6 Å². The molecule has 0 unspecified atom stereocenters. The number of carbonyl (C=O) groups is 1. The van der Waals surface area contributed by atoms with Crippen LogP contribution >= 0.6 is 0 Å². The molecule has 3 aromatic heterocycles. The molecule has 2 aliphatic heterocycles. The second-order valence-electron chi connectivity index (χ2n) is 11.5. The molecule has 0 aliphatic carbocycles. The zero-order valence-electron chi connectivity index (χ0n) is 23.3. The quantitative estimate of drug-likeness (QED) is 0.406. The van der Waals surface area contributed by atoms with E-state index in [1.807, 2.05) is 36.1 Å². The highest BCUT2D eigenvalue weighted by molar-refractivity contribution is 5.78. The average molecular weight is 550 g/mol. The van der Waals surface area contributed by atoms with Crippen LogP contribution in [0.3, 0.4) is 0 Å². The van der Waals surface area contributed by atoms with Gasteiger partial charge in [-0.3, -0.25) is 18.7 Å². The number of fused-ring (bicyclic) bond motifs is 2. The zero-order chi connectivity index (χ0) is 28.4. The standard InChI is InChI=1S/C28H35N7O5/c1-18-30-19-7-5-6-8-20(19)34(18)12-9-22(36)33-13-10-28(11-14-33)15-21(27(2,39)16-40-28)35-17-29-24-23(35)25(37)32(4)26(38)31(24)3/h5-8,17,21,39H,9-16H2,1-4H3/t21-,27-/m0/s1. The van der Waals surface area contributed by atoms with Gasteiger partial charge in [-0.25, -0.2) is 14.8 Å². The third-order valence-corrected chi connectivity index (χ3v) is 8.88. The number of aryl methyl sites for hydroxylation is 3. The molecule has 12 nitrogen and oxygen atoms in total. The number of hydrogen-bond donors (Lipinski definition) is 1. The molecule has 0 radical (unpaired) electrons. The molecule has 2 fully saturated rings. The molecule has 212 valence electrons. The number of carbonyl (C=O) groups excluding carboxylic acids is 1. The van der Waals surface area contributed by atoms with Crippen molar-refractivity contribution in [2.75, 3.05) is 19.7 Å². The average Bonchev–Trinajstić information content (AvgIpc) is 3.52. The first-order valence-electron chi connectivity index (χ1n) is 13.7. The number of nitrogens with zero attached hydrogens (tertiary/aromatic N) is 7. The summed E-state index contributed by atoms with van der Waals surface area (Å²) in [7, 11) is 3.02. The van der Waals surface area contributed by atoms with Crippen LogP contribution in [0.2, 0.25) is 0 Å². The fraction of sp³-hybridized carbons (Fsp3) is 0.536. The van der Waals surface area contributed by atoms with Gasteiger partial charge in [-0.2, -0.15) is 0 Å². The fourth-order valence-corrected chi connectivity index (χ4v) is 6.38. The van der Waals surface area contributed by atoms with Gasteiger partial charge < -0.3 is 23.9 Å². The van der Waals surface area contributed by atoms with Crippen molar-refractivity contribution in [3.05, 3.63) is 57.3 Å². The number of para-hydroxylation sites is 2. The second kappa shape index (κ2) is 9.41. The third kappa shape index (κ3) is 4.17. The van der Waals surface area contributed by atoms with Gasteiger partial charge in [0.2, 0.25) is 5.91 Å². The summed E-state index contributed by atoms with van der Waals surface area (Å²) in [5.41, 5.74) is -0.174. The van der Waals surface area contributed by atoms with E-state index in [0.29, 0.717) is 45.3 Å². The summed E-state index contributed by atoms with van der Waals surface area (Å²) >= 11 is 0. The minimum atomic E-state index is -1.25. The molecule has 6 rings (SSSR count). The Morgan fingerprint density at radius 1 is 1.15 bits per heavy atom. The van der Waals surface area contributed by atoms with E-state index in [-0.39, 0.29) is 23.7 Å². The number of imidazole rings is 2. The molecule has 2 aliphatic rings. The molecule has 12 heteroatoms. The minimum absolute atomic E-state index is 0.0876. The van der Waals surface area contributed by atoms with Gasteiger partial charge in [-0.15, -0.1) is 0 Å². The van der Waals surface area contributed by atoms with Crippen LogP contribution in [-0.4, -0.2) is 75.0 Å². The van der Waals surface area contributed by atoms with Crippen LogP contribution in [0, 0.1) is 6.92 Å². The van der Waals surface area contributed by atoms with Gasteiger partial charge in [-0.05, 0) is 38.8 Å². The van der Waals surface area contributed by atoms with Crippen molar-refractivity contribution >= 4 is 28.1 Å². The van der Waals surface area contributed by atoms with E-state index < -0.39 is 28.5 Å². The number of piperidine rings is 1. The highest BCUT2D eigenvalue weighted by Gasteiger charge is 2.50. The van der Waals surface area contributed by atoms with Gasteiger partial charge in [0.15, 0.2) is 11.2 Å². The van der Waals surface area contributed by atoms with Crippen molar-refractivity contribution in [1.82, 2.24) is 33.1 Å². The van der Waals surface area contributed by atoms with Crippen LogP contribution in [0.4, 0.5) is 0 Å². The molecule has 2 saturated heterocycles. The number of benzene rings is 1. The monoisotopic (exact) mass is 549 g/mol. The Balaban J connectivity index is 1.18. The van der Waals surface area contributed by atoms with E-state index in [0.717, 1.165) is 21.4 Å². The SMILES string of the molecule is Cc1nc2ccccc2n1CCC(=O)N1CCC2(CC1)C[C@H](n1cnc3c1c(=O)n(C)c(=O)n3C)[C@@](C)(O)CO2. The van der Waals surface area contributed by atoms with E-state index >= 15 is 0 Å². The van der Waals surface area contributed by atoms with E-state index in [9.17, 15) is 19.5 Å². The molecule has 0 saturated carbocycles. The number of hydrogen-bond acceptors (Lipinski definition) is 7. The van der Waals surface area contributed by atoms with E-state index in [1.165, 1.54) is 17.9 Å². The first-order valence-corrected chi connectivity index (χ1v) is 13.7.